The first-order valence-electron chi connectivity index (χ1n) is 11.5. The number of nitriles is 1. The smallest absolute Gasteiger partial charge is 0.150 e. The molecule has 0 bridgehead atoms. The summed E-state index contributed by atoms with van der Waals surface area (Å²) in [4.78, 5) is 24.1. The van der Waals surface area contributed by atoms with Crippen LogP contribution in [-0.4, -0.2) is 26.7 Å². The molecule has 1 heterocycles. The van der Waals surface area contributed by atoms with Gasteiger partial charge in [-0.05, 0) is 49.9 Å². The van der Waals surface area contributed by atoms with E-state index in [-0.39, 0.29) is 6.54 Å². The topological polar surface area (TPSA) is 86.3 Å². The number of halogens is 2. The zero-order chi connectivity index (χ0) is 27.0. The summed E-state index contributed by atoms with van der Waals surface area (Å²) in [6, 6.07) is 19.8. The van der Waals surface area contributed by atoms with E-state index in [2.05, 4.69) is 17.4 Å². The van der Waals surface area contributed by atoms with E-state index in [0.717, 1.165) is 24.0 Å². The molecule has 0 aliphatic heterocycles. The zero-order valence-corrected chi connectivity index (χ0v) is 20.8. The molecule has 0 fully saturated rings. The maximum absolute atomic E-state index is 13.4. The van der Waals surface area contributed by atoms with Gasteiger partial charge in [0.05, 0.1) is 12.6 Å². The summed E-state index contributed by atoms with van der Waals surface area (Å²) in [5.74, 6) is -0.404. The van der Waals surface area contributed by atoms with E-state index < -0.39 is 17.0 Å². The summed E-state index contributed by atoms with van der Waals surface area (Å²) in [5, 5.41) is 13.6. The molecule has 0 saturated heterocycles. The normalized spacial score (nSPS) is 12.1. The van der Waals surface area contributed by atoms with E-state index in [1.807, 2.05) is 31.3 Å². The molecule has 0 spiro atoms. The lowest BCUT2D eigenvalue weighted by molar-refractivity contribution is -0.110. The van der Waals surface area contributed by atoms with Gasteiger partial charge in [0.2, 0.25) is 0 Å². The fourth-order valence-corrected chi connectivity index (χ4v) is 3.89. The second-order valence-corrected chi connectivity index (χ2v) is 8.74. The number of aldehydes is 2. The van der Waals surface area contributed by atoms with Crippen molar-refractivity contribution in [2.24, 2.45) is 0 Å². The number of fused-ring (bicyclic) bond motifs is 1. The van der Waals surface area contributed by atoms with Crippen LogP contribution >= 0.6 is 0 Å². The van der Waals surface area contributed by atoms with Gasteiger partial charge in [0.1, 0.15) is 41.0 Å². The fourth-order valence-electron chi connectivity index (χ4n) is 3.89. The van der Waals surface area contributed by atoms with Crippen molar-refractivity contribution in [2.75, 3.05) is 19.0 Å². The lowest BCUT2D eigenvalue weighted by Gasteiger charge is -2.27. The molecule has 0 amide bonds. The molecule has 1 aromatic heterocycles. The maximum Gasteiger partial charge on any atom is 0.150 e. The molecule has 0 aliphatic carbocycles. The molecular formula is C29H27F2N3O3. The molecule has 190 valence electrons. The Labute approximate surface area is 214 Å². The van der Waals surface area contributed by atoms with Crippen molar-refractivity contribution in [1.82, 2.24) is 5.32 Å². The molecule has 4 aromatic rings. The minimum atomic E-state index is -1.40. The molecule has 1 N–H and O–H groups in total. The van der Waals surface area contributed by atoms with E-state index in [4.69, 9.17) is 4.42 Å². The van der Waals surface area contributed by atoms with Gasteiger partial charge in [-0.2, -0.15) is 5.26 Å². The van der Waals surface area contributed by atoms with E-state index in [1.165, 1.54) is 36.6 Å². The monoisotopic (exact) mass is 503 g/mol. The van der Waals surface area contributed by atoms with Gasteiger partial charge in [-0.25, -0.2) is 8.78 Å². The van der Waals surface area contributed by atoms with Crippen LogP contribution in [0, 0.1) is 23.0 Å². The number of carbonyl (C=O) groups excluding carboxylic acids is 2. The summed E-state index contributed by atoms with van der Waals surface area (Å²) >= 11 is 0. The molecule has 1 unspecified atom stereocenters. The van der Waals surface area contributed by atoms with E-state index in [1.54, 1.807) is 18.0 Å². The Bertz CT molecular complexity index is 1390. The van der Waals surface area contributed by atoms with E-state index in [0.29, 0.717) is 35.0 Å². The predicted octanol–water partition coefficient (Wildman–Crippen LogP) is 5.55. The number of anilines is 1. The molecule has 4 rings (SSSR count). The lowest BCUT2D eigenvalue weighted by Crippen LogP contribution is -2.27. The van der Waals surface area contributed by atoms with Crippen molar-refractivity contribution in [3.8, 4) is 6.07 Å². The molecule has 0 saturated carbocycles. The number of rotatable bonds is 8. The van der Waals surface area contributed by atoms with Gasteiger partial charge >= 0.3 is 0 Å². The van der Waals surface area contributed by atoms with Crippen LogP contribution in [-0.2, 0) is 23.3 Å². The molecular weight excluding hydrogens is 476 g/mol. The minimum absolute atomic E-state index is 0.129. The lowest BCUT2D eigenvalue weighted by atomic mass is 9.83. The summed E-state index contributed by atoms with van der Waals surface area (Å²) < 4.78 is 32.3. The Hall–Kier alpha value is -4.35. The maximum atomic E-state index is 13.4. The Kier molecular flexibility index (Phi) is 8.88. The Morgan fingerprint density at radius 2 is 1.76 bits per heavy atom. The number of hydrogen-bond donors (Lipinski definition) is 1. The highest BCUT2D eigenvalue weighted by molar-refractivity contribution is 5.82. The van der Waals surface area contributed by atoms with Gasteiger partial charge in [0, 0.05) is 41.9 Å². The third-order valence-electron chi connectivity index (χ3n) is 5.77. The average molecular weight is 504 g/mol. The zero-order valence-electron chi connectivity index (χ0n) is 20.8. The van der Waals surface area contributed by atoms with Crippen LogP contribution in [0.25, 0.3) is 11.0 Å². The average Bonchev–Trinajstić information content (AvgIpc) is 3.30. The van der Waals surface area contributed by atoms with Gasteiger partial charge in [-0.1, -0.05) is 30.3 Å². The quantitative estimate of drug-likeness (QED) is 0.318. The van der Waals surface area contributed by atoms with Crippen molar-refractivity contribution >= 4 is 29.2 Å². The SMILES string of the molecule is CN(Cc1cc(F)cc(F)c1)c1cc(C=O)ccc1C(C)(C#N)C=O.CNCc1cc2ccccc2o1. The molecule has 1 atom stereocenters. The number of benzene rings is 3. The number of hydrogen-bond acceptors (Lipinski definition) is 6. The van der Waals surface area contributed by atoms with Crippen LogP contribution in [0.5, 0.6) is 0 Å². The third kappa shape index (κ3) is 6.66. The first-order chi connectivity index (χ1) is 17.7. The first-order valence-corrected chi connectivity index (χ1v) is 11.5. The number of nitrogens with one attached hydrogen (secondary N) is 1. The first kappa shape index (κ1) is 27.2. The van der Waals surface area contributed by atoms with Crippen LogP contribution in [0.1, 0.15) is 34.2 Å². The van der Waals surface area contributed by atoms with Gasteiger partial charge in [-0.15, -0.1) is 0 Å². The van der Waals surface area contributed by atoms with Crippen LogP contribution < -0.4 is 10.2 Å². The van der Waals surface area contributed by atoms with Gasteiger partial charge in [-0.3, -0.25) is 4.79 Å². The Morgan fingerprint density at radius 3 is 2.35 bits per heavy atom. The van der Waals surface area contributed by atoms with Crippen molar-refractivity contribution in [2.45, 2.75) is 25.4 Å². The third-order valence-corrected chi connectivity index (χ3v) is 5.77. The van der Waals surface area contributed by atoms with Crippen molar-refractivity contribution in [3.63, 3.8) is 0 Å². The van der Waals surface area contributed by atoms with E-state index >= 15 is 0 Å². The highest BCUT2D eigenvalue weighted by Crippen LogP contribution is 2.32. The Morgan fingerprint density at radius 1 is 1.05 bits per heavy atom. The summed E-state index contributed by atoms with van der Waals surface area (Å²) in [6.45, 7) is 2.38. The predicted molar refractivity (Wildman–Crippen MR) is 138 cm³/mol. The van der Waals surface area contributed by atoms with Crippen LogP contribution in [0.2, 0.25) is 0 Å². The van der Waals surface area contributed by atoms with Crippen molar-refractivity contribution in [1.29, 1.82) is 5.26 Å². The second-order valence-electron chi connectivity index (χ2n) is 8.74. The molecule has 0 aliphatic rings. The van der Waals surface area contributed by atoms with Crippen LogP contribution in [0.4, 0.5) is 14.5 Å². The largest absolute Gasteiger partial charge is 0.460 e. The summed E-state index contributed by atoms with van der Waals surface area (Å²) in [7, 11) is 3.56. The number of carbonyl (C=O) groups is 2. The number of para-hydroxylation sites is 1. The second kappa shape index (κ2) is 12.1. The molecule has 6 nitrogen and oxygen atoms in total. The number of nitrogens with zero attached hydrogens (tertiary/aromatic N) is 2. The van der Waals surface area contributed by atoms with Crippen molar-refractivity contribution in [3.05, 3.63) is 101 Å². The van der Waals surface area contributed by atoms with Gasteiger partial charge < -0.3 is 19.4 Å². The van der Waals surface area contributed by atoms with Crippen LogP contribution in [0.3, 0.4) is 0 Å². The summed E-state index contributed by atoms with van der Waals surface area (Å²) in [6.07, 6.45) is 1.18. The highest BCUT2D eigenvalue weighted by atomic mass is 19.1. The van der Waals surface area contributed by atoms with Crippen molar-refractivity contribution < 1.29 is 22.8 Å². The minimum Gasteiger partial charge on any atom is -0.460 e. The molecule has 3 aromatic carbocycles. The van der Waals surface area contributed by atoms with Gasteiger partial charge in [0.15, 0.2) is 0 Å². The highest BCUT2D eigenvalue weighted by Gasteiger charge is 2.30. The standard InChI is InChI=1S/C19H16F2N2O2.C10H11NO/c1-19(11-22,12-25)17-4-3-13(10-24)7-18(17)23(2)9-14-5-15(20)8-16(21)6-14;1-11-7-9-6-8-4-2-3-5-10(8)12-9/h3-8,10,12H,9H2,1-2H3;2-6,11H,7H2,1H3. The fraction of sp³-hybridized carbons (Fsp3) is 0.207. The Balaban J connectivity index is 0.000000262. The number of furan rings is 1. The molecule has 8 heteroatoms. The molecule has 0 radical (unpaired) electrons. The van der Waals surface area contributed by atoms with Gasteiger partial charge in [0.25, 0.3) is 0 Å². The molecule has 37 heavy (non-hydrogen) atoms. The van der Waals surface area contributed by atoms with E-state index in [9.17, 15) is 23.6 Å². The van der Waals surface area contributed by atoms with Crippen LogP contribution in [0.15, 0.2) is 71.1 Å². The summed E-state index contributed by atoms with van der Waals surface area (Å²) in [5.41, 5.74) is 1.18.